The Kier molecular flexibility index (Phi) is 4.32. The van der Waals surface area contributed by atoms with Crippen LogP contribution >= 0.6 is 0 Å². The standard InChI is InChI=1S/C17H21N3O3/c1-12-14(20-10-3-2-6-15(20)18-12)7-8-16(21)19-9-4-5-13(11-19)17(22)23/h2-3,6,10,13H,4-5,7-9,11H2,1H3,(H,22,23). The number of pyridine rings is 1. The van der Waals surface area contributed by atoms with Crippen molar-refractivity contribution in [3.8, 4) is 0 Å². The number of amides is 1. The van der Waals surface area contributed by atoms with E-state index in [0.29, 0.717) is 32.4 Å². The summed E-state index contributed by atoms with van der Waals surface area (Å²) in [4.78, 5) is 29.7. The minimum Gasteiger partial charge on any atom is -0.481 e. The molecule has 1 amide bonds. The van der Waals surface area contributed by atoms with Crippen molar-refractivity contribution in [2.24, 2.45) is 5.92 Å². The van der Waals surface area contributed by atoms with Crippen molar-refractivity contribution in [1.29, 1.82) is 0 Å². The summed E-state index contributed by atoms with van der Waals surface area (Å²) >= 11 is 0. The number of carbonyl (C=O) groups excluding carboxylic acids is 1. The van der Waals surface area contributed by atoms with Crippen molar-refractivity contribution in [2.75, 3.05) is 13.1 Å². The van der Waals surface area contributed by atoms with Crippen LogP contribution in [0.2, 0.25) is 0 Å². The predicted molar refractivity (Wildman–Crippen MR) is 85.2 cm³/mol. The van der Waals surface area contributed by atoms with Crippen LogP contribution in [0.5, 0.6) is 0 Å². The average Bonchev–Trinajstić information content (AvgIpc) is 2.88. The molecule has 1 aliphatic rings. The Bertz CT molecular complexity index is 738. The summed E-state index contributed by atoms with van der Waals surface area (Å²) in [6, 6.07) is 5.83. The molecule has 1 aliphatic heterocycles. The summed E-state index contributed by atoms with van der Waals surface area (Å²) in [6.07, 6.45) is 4.37. The Labute approximate surface area is 134 Å². The van der Waals surface area contributed by atoms with Crippen molar-refractivity contribution in [1.82, 2.24) is 14.3 Å². The second-order valence-electron chi connectivity index (χ2n) is 6.09. The molecule has 1 N–H and O–H groups in total. The quantitative estimate of drug-likeness (QED) is 0.935. The Morgan fingerprint density at radius 3 is 3.00 bits per heavy atom. The smallest absolute Gasteiger partial charge is 0.308 e. The fourth-order valence-corrected chi connectivity index (χ4v) is 3.25. The molecule has 2 aromatic heterocycles. The SMILES string of the molecule is Cc1nc2ccccn2c1CCC(=O)N1CCCC(C(=O)O)C1. The Balaban J connectivity index is 1.66. The number of imidazole rings is 1. The largest absolute Gasteiger partial charge is 0.481 e. The topological polar surface area (TPSA) is 74.9 Å². The number of nitrogens with zero attached hydrogens (tertiary/aromatic N) is 3. The Morgan fingerprint density at radius 1 is 1.39 bits per heavy atom. The highest BCUT2D eigenvalue weighted by atomic mass is 16.4. The van der Waals surface area contributed by atoms with Crippen LogP contribution in [0.25, 0.3) is 5.65 Å². The minimum atomic E-state index is -0.805. The maximum absolute atomic E-state index is 12.4. The fraction of sp³-hybridized carbons (Fsp3) is 0.471. The summed E-state index contributed by atoms with van der Waals surface area (Å²) in [5, 5.41) is 9.12. The highest BCUT2D eigenvalue weighted by molar-refractivity contribution is 5.78. The first kappa shape index (κ1) is 15.5. The van der Waals surface area contributed by atoms with Crippen molar-refractivity contribution in [2.45, 2.75) is 32.6 Å². The lowest BCUT2D eigenvalue weighted by Crippen LogP contribution is -2.42. The van der Waals surface area contributed by atoms with Gasteiger partial charge in [0.25, 0.3) is 0 Å². The van der Waals surface area contributed by atoms with Crippen LogP contribution in [0.3, 0.4) is 0 Å². The number of aromatic nitrogens is 2. The van der Waals surface area contributed by atoms with Crippen LogP contribution in [0.15, 0.2) is 24.4 Å². The molecule has 3 rings (SSSR count). The van der Waals surface area contributed by atoms with E-state index in [2.05, 4.69) is 4.98 Å². The fourth-order valence-electron chi connectivity index (χ4n) is 3.25. The van der Waals surface area contributed by atoms with E-state index in [9.17, 15) is 9.59 Å². The van der Waals surface area contributed by atoms with Crippen LogP contribution in [0.4, 0.5) is 0 Å². The maximum atomic E-state index is 12.4. The lowest BCUT2D eigenvalue weighted by atomic mass is 9.98. The normalized spacial score (nSPS) is 18.3. The zero-order valence-electron chi connectivity index (χ0n) is 13.2. The molecule has 2 aromatic rings. The van der Waals surface area contributed by atoms with E-state index in [4.69, 9.17) is 5.11 Å². The predicted octanol–water partition coefficient (Wildman–Crippen LogP) is 1.90. The first-order valence-electron chi connectivity index (χ1n) is 7.99. The maximum Gasteiger partial charge on any atom is 0.308 e. The molecular formula is C17H21N3O3. The third-order valence-corrected chi connectivity index (χ3v) is 4.53. The van der Waals surface area contributed by atoms with Crippen LogP contribution in [0.1, 0.15) is 30.7 Å². The molecular weight excluding hydrogens is 294 g/mol. The van der Waals surface area contributed by atoms with Gasteiger partial charge in [0, 0.05) is 31.4 Å². The number of carbonyl (C=O) groups is 2. The van der Waals surface area contributed by atoms with Crippen LogP contribution in [-0.2, 0) is 16.0 Å². The highest BCUT2D eigenvalue weighted by Crippen LogP contribution is 2.19. The monoisotopic (exact) mass is 315 g/mol. The van der Waals surface area contributed by atoms with Crippen molar-refractivity contribution < 1.29 is 14.7 Å². The van der Waals surface area contributed by atoms with E-state index in [-0.39, 0.29) is 5.91 Å². The molecule has 0 bridgehead atoms. The molecule has 3 heterocycles. The van der Waals surface area contributed by atoms with E-state index in [1.807, 2.05) is 35.7 Å². The van der Waals surface area contributed by atoms with Gasteiger partial charge in [-0.2, -0.15) is 0 Å². The molecule has 0 spiro atoms. The number of likely N-dealkylation sites (tertiary alicyclic amines) is 1. The molecule has 1 atom stereocenters. The van der Waals surface area contributed by atoms with E-state index < -0.39 is 11.9 Å². The van der Waals surface area contributed by atoms with Gasteiger partial charge in [0.05, 0.1) is 11.6 Å². The lowest BCUT2D eigenvalue weighted by Gasteiger charge is -2.30. The summed E-state index contributed by atoms with van der Waals surface area (Å²) in [5.74, 6) is -1.20. The number of carboxylic acid groups (broad SMARTS) is 1. The minimum absolute atomic E-state index is 0.0289. The summed E-state index contributed by atoms with van der Waals surface area (Å²) < 4.78 is 2.01. The van der Waals surface area contributed by atoms with E-state index in [1.165, 1.54) is 0 Å². The second kappa shape index (κ2) is 6.40. The van der Waals surface area contributed by atoms with Gasteiger partial charge in [-0.05, 0) is 38.3 Å². The van der Waals surface area contributed by atoms with Gasteiger partial charge >= 0.3 is 5.97 Å². The van der Waals surface area contributed by atoms with Crippen molar-refractivity contribution >= 4 is 17.5 Å². The van der Waals surface area contributed by atoms with Gasteiger partial charge in [-0.3, -0.25) is 9.59 Å². The molecule has 6 heteroatoms. The molecule has 122 valence electrons. The molecule has 0 aromatic carbocycles. The molecule has 1 saturated heterocycles. The molecule has 0 radical (unpaired) electrons. The third kappa shape index (κ3) is 3.21. The first-order valence-corrected chi connectivity index (χ1v) is 7.99. The first-order chi connectivity index (χ1) is 11.1. The number of aryl methyl sites for hydroxylation is 2. The second-order valence-corrected chi connectivity index (χ2v) is 6.09. The average molecular weight is 315 g/mol. The number of hydrogen-bond donors (Lipinski definition) is 1. The number of aliphatic carboxylic acids is 1. The Hall–Kier alpha value is -2.37. The van der Waals surface area contributed by atoms with Gasteiger partial charge in [-0.25, -0.2) is 4.98 Å². The van der Waals surface area contributed by atoms with Crippen LogP contribution in [0, 0.1) is 12.8 Å². The lowest BCUT2D eigenvalue weighted by molar-refractivity contribution is -0.145. The van der Waals surface area contributed by atoms with Crippen LogP contribution < -0.4 is 0 Å². The third-order valence-electron chi connectivity index (χ3n) is 4.53. The highest BCUT2D eigenvalue weighted by Gasteiger charge is 2.28. The van der Waals surface area contributed by atoms with E-state index in [0.717, 1.165) is 23.5 Å². The number of piperidine rings is 1. The van der Waals surface area contributed by atoms with E-state index >= 15 is 0 Å². The van der Waals surface area contributed by atoms with Gasteiger partial charge in [0.1, 0.15) is 5.65 Å². The Morgan fingerprint density at radius 2 is 2.22 bits per heavy atom. The number of fused-ring (bicyclic) bond motifs is 1. The number of carboxylic acids is 1. The van der Waals surface area contributed by atoms with Crippen LogP contribution in [-0.4, -0.2) is 44.4 Å². The summed E-state index contributed by atoms with van der Waals surface area (Å²) in [5.41, 5.74) is 2.86. The summed E-state index contributed by atoms with van der Waals surface area (Å²) in [7, 11) is 0. The molecule has 6 nitrogen and oxygen atoms in total. The van der Waals surface area contributed by atoms with Gasteiger partial charge in [-0.15, -0.1) is 0 Å². The molecule has 1 unspecified atom stereocenters. The number of rotatable bonds is 4. The molecule has 23 heavy (non-hydrogen) atoms. The molecule has 0 aliphatic carbocycles. The van der Waals surface area contributed by atoms with Gasteiger partial charge in [0.2, 0.25) is 5.91 Å². The van der Waals surface area contributed by atoms with Gasteiger partial charge in [0.15, 0.2) is 0 Å². The summed E-state index contributed by atoms with van der Waals surface area (Å²) in [6.45, 7) is 2.95. The van der Waals surface area contributed by atoms with Gasteiger partial charge < -0.3 is 14.4 Å². The van der Waals surface area contributed by atoms with E-state index in [1.54, 1.807) is 4.90 Å². The van der Waals surface area contributed by atoms with Crippen molar-refractivity contribution in [3.63, 3.8) is 0 Å². The van der Waals surface area contributed by atoms with Crippen molar-refractivity contribution in [3.05, 3.63) is 35.8 Å². The van der Waals surface area contributed by atoms with Gasteiger partial charge in [-0.1, -0.05) is 6.07 Å². The zero-order chi connectivity index (χ0) is 16.4. The molecule has 0 saturated carbocycles. The molecule has 1 fully saturated rings. The number of hydrogen-bond acceptors (Lipinski definition) is 3. The zero-order valence-corrected chi connectivity index (χ0v) is 13.2.